The Kier molecular flexibility index (Phi) is 8.31. The molecule has 0 spiro atoms. The molecular weight excluding hydrogens is 430 g/mol. The van der Waals surface area contributed by atoms with Gasteiger partial charge in [0.05, 0.1) is 16.1 Å². The zero-order chi connectivity index (χ0) is 24.3. The lowest BCUT2D eigenvalue weighted by Gasteiger charge is -2.38. The summed E-state index contributed by atoms with van der Waals surface area (Å²) in [5.74, 6) is -1.33. The van der Waals surface area contributed by atoms with Crippen molar-refractivity contribution in [3.8, 4) is 0 Å². The molecule has 1 amide bonds. The summed E-state index contributed by atoms with van der Waals surface area (Å²) in [4.78, 5) is 13.4. The Balaban J connectivity index is 2.49. The molecule has 32 heavy (non-hydrogen) atoms. The number of aryl methyl sites for hydroxylation is 1. The van der Waals surface area contributed by atoms with Crippen LogP contribution in [0.5, 0.6) is 0 Å². The van der Waals surface area contributed by atoms with E-state index in [1.54, 1.807) is 26.0 Å². The quantitative estimate of drug-likeness (QED) is 0.483. The number of unbranched alkanes of at least 4 members (excludes halogenated alkanes) is 3. The largest absolute Gasteiger partial charge is 0.387 e. The molecule has 7 nitrogen and oxygen atoms in total. The zero-order valence-corrected chi connectivity index (χ0v) is 20.8. The van der Waals surface area contributed by atoms with Crippen molar-refractivity contribution in [3.05, 3.63) is 41.5 Å². The Morgan fingerprint density at radius 1 is 1.16 bits per heavy atom. The lowest BCUT2D eigenvalue weighted by atomic mass is 9.87. The number of aliphatic hydroxyl groups excluding tert-OH is 1. The number of nitrogens with zero attached hydrogens (tertiary/aromatic N) is 1. The monoisotopic (exact) mass is 467 g/mol. The number of hydrogen-bond acceptors (Lipinski definition) is 6. The van der Waals surface area contributed by atoms with Gasteiger partial charge in [-0.25, -0.2) is 8.42 Å². The van der Waals surface area contributed by atoms with Crippen molar-refractivity contribution in [1.82, 2.24) is 4.31 Å². The Morgan fingerprint density at radius 2 is 1.75 bits per heavy atom. The second-order valence-corrected chi connectivity index (χ2v) is 11.0. The fraction of sp³-hybridized carbons (Fsp3) is 0.625. The lowest BCUT2D eigenvalue weighted by molar-refractivity contribution is -0.141. The fourth-order valence-electron chi connectivity index (χ4n) is 4.09. The topological polar surface area (TPSA) is 104 Å². The number of sulfonamides is 1. The molecule has 180 valence electrons. The molecule has 1 aliphatic rings. The van der Waals surface area contributed by atoms with Crippen LogP contribution in [0.15, 0.2) is 40.8 Å². The number of ether oxygens (including phenoxy) is 1. The van der Waals surface area contributed by atoms with Crippen LogP contribution in [0, 0.1) is 12.8 Å². The van der Waals surface area contributed by atoms with Crippen LogP contribution in [-0.2, 0) is 19.6 Å². The minimum absolute atomic E-state index is 0.0472. The lowest BCUT2D eigenvalue weighted by Crippen LogP contribution is -2.54. The highest BCUT2D eigenvalue weighted by atomic mass is 32.2. The predicted molar refractivity (Wildman–Crippen MR) is 123 cm³/mol. The molecule has 0 fully saturated rings. The standard InChI is InChI=1S/C24H37NO6S/c1-7-8-9-10-15-23(5,28)21(26)20-16-24(31-6,17(2)3)25(22(20)27)32(29,30)19-13-11-18(4)12-14-19/h11-14,16-17,21,26,28H,7-10,15H2,1-6H3/t21-,23-,24-/m0/s1. The molecule has 0 saturated carbocycles. The molecule has 0 bridgehead atoms. The number of benzene rings is 1. The van der Waals surface area contributed by atoms with E-state index in [0.29, 0.717) is 10.7 Å². The van der Waals surface area contributed by atoms with Gasteiger partial charge in [-0.3, -0.25) is 4.79 Å². The Hall–Kier alpha value is -1.74. The van der Waals surface area contributed by atoms with Gasteiger partial charge < -0.3 is 14.9 Å². The number of carbonyl (C=O) groups excluding carboxylic acids is 1. The van der Waals surface area contributed by atoms with Crippen molar-refractivity contribution >= 4 is 15.9 Å². The summed E-state index contributed by atoms with van der Waals surface area (Å²) in [6.07, 6.45) is 3.71. The van der Waals surface area contributed by atoms with Gasteiger partial charge >= 0.3 is 0 Å². The van der Waals surface area contributed by atoms with Gasteiger partial charge in [-0.15, -0.1) is 0 Å². The van der Waals surface area contributed by atoms with Gasteiger partial charge in [0, 0.05) is 13.0 Å². The molecule has 0 aliphatic carbocycles. The van der Waals surface area contributed by atoms with Crippen molar-refractivity contribution in [3.63, 3.8) is 0 Å². The molecule has 0 saturated heterocycles. The van der Waals surface area contributed by atoms with Crippen LogP contribution in [0.4, 0.5) is 0 Å². The highest BCUT2D eigenvalue weighted by Gasteiger charge is 2.56. The summed E-state index contributed by atoms with van der Waals surface area (Å²) in [6, 6.07) is 6.19. The first-order chi connectivity index (χ1) is 14.8. The molecular formula is C24H37NO6S. The van der Waals surface area contributed by atoms with E-state index in [-0.39, 0.29) is 16.9 Å². The summed E-state index contributed by atoms with van der Waals surface area (Å²) in [6.45, 7) is 8.86. The molecule has 1 aliphatic heterocycles. The first kappa shape index (κ1) is 26.5. The van der Waals surface area contributed by atoms with Gasteiger partial charge in [0.1, 0.15) is 6.10 Å². The maximum Gasteiger partial charge on any atom is 0.269 e. The van der Waals surface area contributed by atoms with Crippen LogP contribution in [0.3, 0.4) is 0 Å². The minimum atomic E-state index is -4.29. The molecule has 0 unspecified atom stereocenters. The summed E-state index contributed by atoms with van der Waals surface area (Å²) < 4.78 is 33.4. The molecule has 8 heteroatoms. The van der Waals surface area contributed by atoms with Crippen molar-refractivity contribution in [2.75, 3.05) is 7.11 Å². The van der Waals surface area contributed by atoms with Crippen LogP contribution < -0.4 is 0 Å². The summed E-state index contributed by atoms with van der Waals surface area (Å²) in [5.41, 5.74) is -2.49. The Bertz CT molecular complexity index is 936. The molecule has 1 aromatic carbocycles. The van der Waals surface area contributed by atoms with E-state index in [1.165, 1.54) is 32.2 Å². The van der Waals surface area contributed by atoms with E-state index in [9.17, 15) is 23.4 Å². The van der Waals surface area contributed by atoms with Gasteiger partial charge in [-0.05, 0) is 38.5 Å². The molecule has 2 rings (SSSR count). The van der Waals surface area contributed by atoms with Gasteiger partial charge in [-0.1, -0.05) is 64.2 Å². The van der Waals surface area contributed by atoms with Crippen molar-refractivity contribution in [1.29, 1.82) is 0 Å². The van der Waals surface area contributed by atoms with Crippen molar-refractivity contribution < 1.29 is 28.2 Å². The van der Waals surface area contributed by atoms with E-state index in [1.807, 2.05) is 6.92 Å². The highest BCUT2D eigenvalue weighted by Crippen LogP contribution is 2.42. The van der Waals surface area contributed by atoms with E-state index in [0.717, 1.165) is 24.8 Å². The third-order valence-electron chi connectivity index (χ3n) is 6.24. The SMILES string of the molecule is CCCCCC[C@](C)(O)[C@@H](O)C1=C[C@](OC)(C(C)C)N(S(=O)(=O)c2ccc(C)cc2)C1=O. The van der Waals surface area contributed by atoms with Crippen LogP contribution in [0.1, 0.15) is 65.4 Å². The second kappa shape index (κ2) is 10.0. The highest BCUT2D eigenvalue weighted by molar-refractivity contribution is 7.89. The van der Waals surface area contributed by atoms with Gasteiger partial charge in [0.2, 0.25) is 0 Å². The number of rotatable bonds is 11. The molecule has 2 N–H and O–H groups in total. The number of hydrogen-bond donors (Lipinski definition) is 2. The normalized spacial score (nSPS) is 22.2. The van der Waals surface area contributed by atoms with E-state index in [4.69, 9.17) is 4.74 Å². The third-order valence-corrected chi connectivity index (χ3v) is 8.04. The predicted octanol–water partition coefficient (Wildman–Crippen LogP) is 3.53. The maximum absolute atomic E-state index is 13.5. The number of amides is 1. The summed E-state index contributed by atoms with van der Waals surface area (Å²) in [7, 11) is -2.96. The second-order valence-electron chi connectivity index (χ2n) is 9.17. The van der Waals surface area contributed by atoms with Crippen LogP contribution in [0.2, 0.25) is 0 Å². The average molecular weight is 468 g/mol. The van der Waals surface area contributed by atoms with Gasteiger partial charge in [0.15, 0.2) is 5.72 Å². The van der Waals surface area contributed by atoms with Gasteiger partial charge in [-0.2, -0.15) is 4.31 Å². The molecule has 0 aromatic heterocycles. The van der Waals surface area contributed by atoms with E-state index in [2.05, 4.69) is 6.92 Å². The molecule has 0 radical (unpaired) electrons. The van der Waals surface area contributed by atoms with Gasteiger partial charge in [0.25, 0.3) is 15.9 Å². The first-order valence-corrected chi connectivity index (χ1v) is 12.6. The number of aliphatic hydroxyl groups is 2. The Morgan fingerprint density at radius 3 is 2.25 bits per heavy atom. The van der Waals surface area contributed by atoms with Crippen molar-refractivity contribution in [2.24, 2.45) is 5.92 Å². The first-order valence-electron chi connectivity index (χ1n) is 11.2. The maximum atomic E-state index is 13.5. The van der Waals surface area contributed by atoms with E-state index >= 15 is 0 Å². The van der Waals surface area contributed by atoms with Crippen LogP contribution in [-0.4, -0.2) is 53.4 Å². The minimum Gasteiger partial charge on any atom is -0.387 e. The Labute approximate surface area is 192 Å². The average Bonchev–Trinajstić information content (AvgIpc) is 3.05. The van der Waals surface area contributed by atoms with Crippen LogP contribution in [0.25, 0.3) is 0 Å². The van der Waals surface area contributed by atoms with Crippen LogP contribution >= 0.6 is 0 Å². The summed E-state index contributed by atoms with van der Waals surface area (Å²) in [5, 5.41) is 21.9. The smallest absolute Gasteiger partial charge is 0.269 e. The number of carbonyl (C=O) groups is 1. The molecule has 1 aromatic rings. The zero-order valence-electron chi connectivity index (χ0n) is 20.0. The summed E-state index contributed by atoms with van der Waals surface area (Å²) >= 11 is 0. The fourth-order valence-corrected chi connectivity index (χ4v) is 5.82. The molecule has 1 heterocycles. The van der Waals surface area contributed by atoms with E-state index < -0.39 is 39.3 Å². The van der Waals surface area contributed by atoms with Crippen molar-refractivity contribution in [2.45, 2.75) is 89.0 Å². The third kappa shape index (κ3) is 4.93. The number of methoxy groups -OCH3 is 1. The molecule has 3 atom stereocenters.